The van der Waals surface area contributed by atoms with Crippen LogP contribution in [0.15, 0.2) is 59.7 Å². The maximum atomic E-state index is 11.8. The van der Waals surface area contributed by atoms with E-state index in [9.17, 15) is 4.79 Å². The van der Waals surface area contributed by atoms with E-state index >= 15 is 0 Å². The predicted molar refractivity (Wildman–Crippen MR) is 86.9 cm³/mol. The molecule has 2 aromatic carbocycles. The van der Waals surface area contributed by atoms with Crippen molar-refractivity contribution in [3.8, 4) is 5.75 Å². The molecule has 5 nitrogen and oxygen atoms in total. The van der Waals surface area contributed by atoms with E-state index in [0.717, 1.165) is 16.9 Å². The Morgan fingerprint density at radius 1 is 1.17 bits per heavy atom. The fraction of sp³-hybridized carbons (Fsp3) is 0.222. The van der Waals surface area contributed by atoms with Crippen molar-refractivity contribution in [3.63, 3.8) is 0 Å². The molecule has 0 saturated heterocycles. The van der Waals surface area contributed by atoms with Crippen molar-refractivity contribution >= 4 is 11.8 Å². The second kappa shape index (κ2) is 6.52. The average molecular weight is 310 g/mol. The topological polar surface area (TPSA) is 51.1 Å². The molecule has 5 heteroatoms. The number of hydrazone groups is 1. The third kappa shape index (κ3) is 3.51. The molecule has 1 unspecified atom stereocenters. The van der Waals surface area contributed by atoms with Gasteiger partial charge in [0.1, 0.15) is 5.75 Å². The van der Waals surface area contributed by atoms with Crippen molar-refractivity contribution in [1.82, 2.24) is 5.01 Å². The summed E-state index contributed by atoms with van der Waals surface area (Å²) >= 11 is 0. The molecular weight excluding hydrogens is 292 g/mol. The highest BCUT2D eigenvalue weighted by molar-refractivity contribution is 5.83. The Balaban J connectivity index is 1.72. The van der Waals surface area contributed by atoms with E-state index in [-0.39, 0.29) is 12.5 Å². The maximum absolute atomic E-state index is 11.8. The monoisotopic (exact) mass is 310 g/mol. The van der Waals surface area contributed by atoms with Gasteiger partial charge in [-0.15, -0.1) is 5.10 Å². The van der Waals surface area contributed by atoms with Gasteiger partial charge in [0.05, 0.1) is 0 Å². The maximum Gasteiger partial charge on any atom is 0.247 e. The van der Waals surface area contributed by atoms with Gasteiger partial charge >= 0.3 is 0 Å². The summed E-state index contributed by atoms with van der Waals surface area (Å²) in [6, 6.07) is 17.3. The number of carbonyl (C=O) groups excluding carboxylic acids is 1. The van der Waals surface area contributed by atoms with Crippen LogP contribution >= 0.6 is 0 Å². The number of benzene rings is 2. The molecule has 0 aromatic heterocycles. The Kier molecular flexibility index (Phi) is 4.28. The number of nitrogens with zero attached hydrogens (tertiary/aromatic N) is 2. The molecule has 0 aliphatic carbocycles. The minimum Gasteiger partial charge on any atom is -0.484 e. The summed E-state index contributed by atoms with van der Waals surface area (Å²) in [4.78, 5) is 11.8. The van der Waals surface area contributed by atoms with E-state index in [1.165, 1.54) is 11.9 Å². The summed E-state index contributed by atoms with van der Waals surface area (Å²) < 4.78 is 11.4. The summed E-state index contributed by atoms with van der Waals surface area (Å²) in [6.07, 6.45) is -0.539. The molecule has 0 bridgehead atoms. The van der Waals surface area contributed by atoms with E-state index in [1.807, 2.05) is 61.5 Å². The number of para-hydroxylation sites is 1. The number of hydrogen-bond acceptors (Lipinski definition) is 4. The Bertz CT molecular complexity index is 711. The number of aryl methyl sites for hydroxylation is 1. The highest BCUT2D eigenvalue weighted by Crippen LogP contribution is 2.28. The summed E-state index contributed by atoms with van der Waals surface area (Å²) in [5.74, 6) is 0.937. The summed E-state index contributed by atoms with van der Waals surface area (Å²) in [5, 5.41) is 5.58. The van der Waals surface area contributed by atoms with Gasteiger partial charge in [-0.2, -0.15) is 5.01 Å². The lowest BCUT2D eigenvalue weighted by molar-refractivity contribution is -0.135. The fourth-order valence-electron chi connectivity index (χ4n) is 2.28. The second-order valence-electron chi connectivity index (χ2n) is 5.34. The first kappa shape index (κ1) is 15.1. The van der Waals surface area contributed by atoms with Crippen molar-refractivity contribution in [1.29, 1.82) is 0 Å². The summed E-state index contributed by atoms with van der Waals surface area (Å²) in [5.41, 5.74) is 2.03. The Hall–Kier alpha value is -2.82. The molecule has 0 radical (unpaired) electrons. The third-order valence-corrected chi connectivity index (χ3v) is 3.48. The van der Waals surface area contributed by atoms with Crippen molar-refractivity contribution in [2.24, 2.45) is 5.10 Å². The lowest BCUT2D eigenvalue weighted by atomic mass is 10.1. The highest BCUT2D eigenvalue weighted by Gasteiger charge is 2.32. The van der Waals surface area contributed by atoms with Crippen LogP contribution < -0.4 is 4.74 Å². The molecule has 23 heavy (non-hydrogen) atoms. The van der Waals surface area contributed by atoms with Gasteiger partial charge in [0, 0.05) is 12.5 Å². The first-order valence-electron chi connectivity index (χ1n) is 7.42. The summed E-state index contributed by atoms with van der Waals surface area (Å²) in [6.45, 7) is 3.66. The molecule has 0 N–H and O–H groups in total. The first-order valence-corrected chi connectivity index (χ1v) is 7.42. The van der Waals surface area contributed by atoms with Gasteiger partial charge in [-0.25, -0.2) is 0 Å². The molecule has 1 aliphatic heterocycles. The predicted octanol–water partition coefficient (Wildman–Crippen LogP) is 3.26. The molecule has 0 spiro atoms. The van der Waals surface area contributed by atoms with E-state index < -0.39 is 6.23 Å². The van der Waals surface area contributed by atoms with E-state index in [4.69, 9.17) is 9.47 Å². The molecule has 1 atom stereocenters. The molecule has 1 amide bonds. The molecular formula is C18H18N2O3. The molecule has 2 aromatic rings. The zero-order chi connectivity index (χ0) is 16.2. The van der Waals surface area contributed by atoms with Crippen LogP contribution in [0.3, 0.4) is 0 Å². The van der Waals surface area contributed by atoms with Gasteiger partial charge in [-0.05, 0) is 19.1 Å². The van der Waals surface area contributed by atoms with Crippen molar-refractivity contribution in [3.05, 3.63) is 65.7 Å². The molecule has 1 heterocycles. The average Bonchev–Trinajstić information content (AvgIpc) is 2.99. The summed E-state index contributed by atoms with van der Waals surface area (Å²) in [7, 11) is 0. The minimum absolute atomic E-state index is 0.176. The lowest BCUT2D eigenvalue weighted by Gasteiger charge is -2.19. The van der Waals surface area contributed by atoms with Gasteiger partial charge in [-0.1, -0.05) is 48.0 Å². The fourth-order valence-corrected chi connectivity index (χ4v) is 2.28. The minimum atomic E-state index is -0.539. The normalized spacial score (nSPS) is 16.7. The van der Waals surface area contributed by atoms with Crippen LogP contribution in [-0.2, 0) is 9.53 Å². The van der Waals surface area contributed by atoms with Crippen LogP contribution in [0.5, 0.6) is 5.75 Å². The van der Waals surface area contributed by atoms with Gasteiger partial charge in [0.25, 0.3) is 0 Å². The number of hydrogen-bond donors (Lipinski definition) is 0. The SMILES string of the molecule is CC(=O)N1N=C(COc2ccccc2)OC1c1ccc(C)cc1. The second-order valence-corrected chi connectivity index (χ2v) is 5.34. The zero-order valence-corrected chi connectivity index (χ0v) is 13.1. The zero-order valence-electron chi connectivity index (χ0n) is 13.1. The number of amides is 1. The van der Waals surface area contributed by atoms with Crippen LogP contribution in [0.4, 0.5) is 0 Å². The van der Waals surface area contributed by atoms with Crippen LogP contribution in [0.2, 0.25) is 0 Å². The van der Waals surface area contributed by atoms with Gasteiger partial charge < -0.3 is 9.47 Å². The Labute approximate surface area is 135 Å². The number of carbonyl (C=O) groups is 1. The largest absolute Gasteiger partial charge is 0.484 e. The lowest BCUT2D eigenvalue weighted by Crippen LogP contribution is -2.25. The Morgan fingerprint density at radius 3 is 2.52 bits per heavy atom. The number of ether oxygens (including phenoxy) is 2. The molecule has 118 valence electrons. The quantitative estimate of drug-likeness (QED) is 0.871. The highest BCUT2D eigenvalue weighted by atomic mass is 16.6. The smallest absolute Gasteiger partial charge is 0.247 e. The van der Waals surface area contributed by atoms with Crippen LogP contribution in [0, 0.1) is 6.92 Å². The van der Waals surface area contributed by atoms with E-state index in [2.05, 4.69) is 5.10 Å². The van der Waals surface area contributed by atoms with Gasteiger partial charge in [0.15, 0.2) is 6.61 Å². The Morgan fingerprint density at radius 2 is 1.87 bits per heavy atom. The van der Waals surface area contributed by atoms with E-state index in [1.54, 1.807) is 0 Å². The van der Waals surface area contributed by atoms with Gasteiger partial charge in [-0.3, -0.25) is 4.79 Å². The van der Waals surface area contributed by atoms with Crippen molar-refractivity contribution in [2.75, 3.05) is 6.61 Å². The number of rotatable bonds is 4. The van der Waals surface area contributed by atoms with Crippen LogP contribution in [0.25, 0.3) is 0 Å². The first-order chi connectivity index (χ1) is 11.1. The standard InChI is InChI=1S/C18H18N2O3/c1-13-8-10-15(11-9-13)18-20(14(2)21)19-17(23-18)12-22-16-6-4-3-5-7-16/h3-11,18H,12H2,1-2H3. The molecule has 0 fully saturated rings. The molecule has 1 aliphatic rings. The van der Waals surface area contributed by atoms with Crippen LogP contribution in [-0.4, -0.2) is 23.4 Å². The molecule has 3 rings (SSSR count). The van der Waals surface area contributed by atoms with Crippen molar-refractivity contribution < 1.29 is 14.3 Å². The molecule has 0 saturated carbocycles. The van der Waals surface area contributed by atoms with Crippen molar-refractivity contribution in [2.45, 2.75) is 20.1 Å². The van der Waals surface area contributed by atoms with Crippen LogP contribution in [0.1, 0.15) is 24.3 Å². The third-order valence-electron chi connectivity index (χ3n) is 3.48. The van der Waals surface area contributed by atoms with Gasteiger partial charge in [0.2, 0.25) is 18.0 Å². The van der Waals surface area contributed by atoms with E-state index in [0.29, 0.717) is 5.90 Å².